The van der Waals surface area contributed by atoms with Gasteiger partial charge in [0.05, 0.1) is 12.7 Å². The largest absolute Gasteiger partial charge is 0.377 e. The first kappa shape index (κ1) is 11.1. The third-order valence-electron chi connectivity index (χ3n) is 1.78. The average Bonchev–Trinajstić information content (AvgIpc) is 2.18. The van der Waals surface area contributed by atoms with Gasteiger partial charge in [0.15, 0.2) is 0 Å². The zero-order chi connectivity index (χ0) is 10.2. The molecule has 0 radical (unpaired) electrons. The van der Waals surface area contributed by atoms with Crippen LogP contribution >= 0.6 is 0 Å². The van der Waals surface area contributed by atoms with Crippen LogP contribution in [0, 0.1) is 0 Å². The van der Waals surface area contributed by atoms with Crippen molar-refractivity contribution in [2.75, 3.05) is 13.2 Å². The van der Waals surface area contributed by atoms with Crippen molar-refractivity contribution in [1.82, 2.24) is 10.3 Å². The Morgan fingerprint density at radius 1 is 1.50 bits per heavy atom. The molecule has 1 rings (SSSR count). The summed E-state index contributed by atoms with van der Waals surface area (Å²) < 4.78 is 5.40. The summed E-state index contributed by atoms with van der Waals surface area (Å²) in [6, 6.07) is 4.00. The number of ether oxygens (including phenoxy) is 1. The summed E-state index contributed by atoms with van der Waals surface area (Å²) >= 11 is 0. The number of aromatic nitrogens is 1. The molecule has 14 heavy (non-hydrogen) atoms. The van der Waals surface area contributed by atoms with Gasteiger partial charge in [0.2, 0.25) is 0 Å². The third-order valence-corrected chi connectivity index (χ3v) is 1.78. The zero-order valence-corrected chi connectivity index (χ0v) is 8.86. The topological polar surface area (TPSA) is 34.1 Å². The zero-order valence-electron chi connectivity index (χ0n) is 8.86. The number of nitrogens with zero attached hydrogens (tertiary/aromatic N) is 1. The van der Waals surface area contributed by atoms with Crippen LogP contribution in [0.1, 0.15) is 19.4 Å². The van der Waals surface area contributed by atoms with Crippen molar-refractivity contribution >= 4 is 0 Å². The van der Waals surface area contributed by atoms with Crippen LogP contribution in [-0.4, -0.2) is 24.2 Å². The van der Waals surface area contributed by atoms with E-state index >= 15 is 0 Å². The summed E-state index contributed by atoms with van der Waals surface area (Å²) in [5.41, 5.74) is 1.21. The van der Waals surface area contributed by atoms with Crippen LogP contribution in [0.25, 0.3) is 0 Å². The highest BCUT2D eigenvalue weighted by molar-refractivity contribution is 5.07. The summed E-state index contributed by atoms with van der Waals surface area (Å²) in [6.07, 6.45) is 3.97. The molecular weight excluding hydrogens is 176 g/mol. The van der Waals surface area contributed by atoms with Crippen LogP contribution in [-0.2, 0) is 11.3 Å². The van der Waals surface area contributed by atoms with Crippen LogP contribution in [0.3, 0.4) is 0 Å². The molecule has 1 N–H and O–H groups in total. The van der Waals surface area contributed by atoms with Crippen LogP contribution in [0.4, 0.5) is 0 Å². The van der Waals surface area contributed by atoms with Gasteiger partial charge in [-0.25, -0.2) is 0 Å². The number of rotatable bonds is 6. The molecule has 0 spiro atoms. The Balaban J connectivity index is 2.05. The summed E-state index contributed by atoms with van der Waals surface area (Å²) in [5, 5.41) is 3.29. The van der Waals surface area contributed by atoms with Gasteiger partial charge in [-0.3, -0.25) is 4.98 Å². The van der Waals surface area contributed by atoms with Crippen molar-refractivity contribution in [2.45, 2.75) is 26.5 Å². The van der Waals surface area contributed by atoms with Gasteiger partial charge in [-0.15, -0.1) is 0 Å². The predicted octanol–water partition coefficient (Wildman–Crippen LogP) is 1.60. The molecule has 0 aliphatic heterocycles. The SMILES string of the molecule is CC(C)OCCNCc1cccnc1. The molecule has 78 valence electrons. The van der Waals surface area contributed by atoms with E-state index in [9.17, 15) is 0 Å². The molecule has 0 fully saturated rings. The lowest BCUT2D eigenvalue weighted by Gasteiger charge is -2.08. The molecule has 1 heterocycles. The third kappa shape index (κ3) is 4.94. The van der Waals surface area contributed by atoms with E-state index in [-0.39, 0.29) is 0 Å². The van der Waals surface area contributed by atoms with Gasteiger partial charge in [0, 0.05) is 25.5 Å². The fourth-order valence-electron chi connectivity index (χ4n) is 1.10. The Morgan fingerprint density at radius 2 is 2.36 bits per heavy atom. The molecule has 0 bridgehead atoms. The molecular formula is C11H18N2O. The minimum atomic E-state index is 0.315. The number of nitrogens with one attached hydrogen (secondary N) is 1. The Hall–Kier alpha value is -0.930. The molecule has 1 aromatic rings. The maximum Gasteiger partial charge on any atom is 0.0594 e. The van der Waals surface area contributed by atoms with Crippen molar-refractivity contribution in [2.24, 2.45) is 0 Å². The van der Waals surface area contributed by atoms with Crippen molar-refractivity contribution in [3.63, 3.8) is 0 Å². The maximum absolute atomic E-state index is 5.40. The van der Waals surface area contributed by atoms with Gasteiger partial charge in [-0.2, -0.15) is 0 Å². The van der Waals surface area contributed by atoms with Gasteiger partial charge >= 0.3 is 0 Å². The number of pyridine rings is 1. The van der Waals surface area contributed by atoms with E-state index in [1.165, 1.54) is 5.56 Å². The number of hydrogen-bond donors (Lipinski definition) is 1. The molecule has 3 heteroatoms. The van der Waals surface area contributed by atoms with E-state index in [4.69, 9.17) is 4.74 Å². The van der Waals surface area contributed by atoms with Crippen molar-refractivity contribution < 1.29 is 4.74 Å². The number of hydrogen-bond acceptors (Lipinski definition) is 3. The second-order valence-electron chi connectivity index (χ2n) is 3.46. The summed E-state index contributed by atoms with van der Waals surface area (Å²) in [4.78, 5) is 4.04. The van der Waals surface area contributed by atoms with Crippen LogP contribution in [0.2, 0.25) is 0 Å². The van der Waals surface area contributed by atoms with Crippen LogP contribution in [0.5, 0.6) is 0 Å². The lowest BCUT2D eigenvalue weighted by atomic mass is 10.3. The van der Waals surface area contributed by atoms with E-state index in [1.807, 2.05) is 26.1 Å². The first-order valence-corrected chi connectivity index (χ1v) is 5.00. The average molecular weight is 194 g/mol. The van der Waals surface area contributed by atoms with Gasteiger partial charge in [-0.05, 0) is 25.5 Å². The first-order chi connectivity index (χ1) is 6.79. The Bertz CT molecular complexity index is 236. The molecule has 3 nitrogen and oxygen atoms in total. The monoisotopic (exact) mass is 194 g/mol. The standard InChI is InChI=1S/C11H18N2O/c1-10(2)14-7-6-13-9-11-4-3-5-12-8-11/h3-5,8,10,13H,6-7,9H2,1-2H3. The lowest BCUT2D eigenvalue weighted by Crippen LogP contribution is -2.20. The smallest absolute Gasteiger partial charge is 0.0594 e. The fourth-order valence-corrected chi connectivity index (χ4v) is 1.10. The molecule has 0 amide bonds. The van der Waals surface area contributed by atoms with E-state index in [2.05, 4.69) is 16.4 Å². The van der Waals surface area contributed by atoms with E-state index < -0.39 is 0 Å². The Kier molecular flexibility index (Phi) is 5.19. The normalized spacial score (nSPS) is 10.8. The van der Waals surface area contributed by atoms with Crippen molar-refractivity contribution in [3.05, 3.63) is 30.1 Å². The molecule has 0 aliphatic rings. The maximum atomic E-state index is 5.40. The molecule has 0 saturated carbocycles. The Labute approximate surface area is 85.5 Å². The molecule has 0 aromatic carbocycles. The molecule has 0 aliphatic carbocycles. The highest BCUT2D eigenvalue weighted by Gasteiger charge is 1.93. The summed E-state index contributed by atoms with van der Waals surface area (Å²) in [5.74, 6) is 0. The van der Waals surface area contributed by atoms with Gasteiger partial charge in [0.25, 0.3) is 0 Å². The molecule has 0 unspecified atom stereocenters. The van der Waals surface area contributed by atoms with Crippen LogP contribution in [0.15, 0.2) is 24.5 Å². The van der Waals surface area contributed by atoms with Crippen molar-refractivity contribution in [3.8, 4) is 0 Å². The summed E-state index contributed by atoms with van der Waals surface area (Å²) in [6.45, 7) is 6.59. The molecule has 0 atom stereocenters. The van der Waals surface area contributed by atoms with E-state index in [1.54, 1.807) is 6.20 Å². The quantitative estimate of drug-likeness (QED) is 0.698. The second kappa shape index (κ2) is 6.51. The first-order valence-electron chi connectivity index (χ1n) is 5.00. The highest BCUT2D eigenvalue weighted by atomic mass is 16.5. The Morgan fingerprint density at radius 3 is 3.00 bits per heavy atom. The predicted molar refractivity (Wildman–Crippen MR) is 57.0 cm³/mol. The molecule has 0 saturated heterocycles. The lowest BCUT2D eigenvalue weighted by molar-refractivity contribution is 0.0807. The van der Waals surface area contributed by atoms with E-state index in [0.29, 0.717) is 6.10 Å². The fraction of sp³-hybridized carbons (Fsp3) is 0.545. The minimum Gasteiger partial charge on any atom is -0.377 e. The highest BCUT2D eigenvalue weighted by Crippen LogP contribution is 1.93. The van der Waals surface area contributed by atoms with Crippen molar-refractivity contribution in [1.29, 1.82) is 0 Å². The van der Waals surface area contributed by atoms with Gasteiger partial charge in [0.1, 0.15) is 0 Å². The summed E-state index contributed by atoms with van der Waals surface area (Å²) in [7, 11) is 0. The second-order valence-corrected chi connectivity index (χ2v) is 3.46. The van der Waals surface area contributed by atoms with Gasteiger partial charge < -0.3 is 10.1 Å². The molecule has 1 aromatic heterocycles. The minimum absolute atomic E-state index is 0.315. The van der Waals surface area contributed by atoms with Crippen LogP contribution < -0.4 is 5.32 Å². The van der Waals surface area contributed by atoms with Gasteiger partial charge in [-0.1, -0.05) is 6.07 Å². The van der Waals surface area contributed by atoms with E-state index in [0.717, 1.165) is 19.7 Å².